The number of carbonyl (C=O) groups excluding carboxylic acids is 1. The van der Waals surface area contributed by atoms with Gasteiger partial charge in [-0.25, -0.2) is 0 Å². The lowest BCUT2D eigenvalue weighted by molar-refractivity contribution is -0.124. The van der Waals surface area contributed by atoms with E-state index in [2.05, 4.69) is 11.8 Å². The predicted molar refractivity (Wildman–Crippen MR) is 65.4 cm³/mol. The number of hydrogen-bond donors (Lipinski definition) is 1. The Kier molecular flexibility index (Phi) is 5.99. The molecule has 1 fully saturated rings. The Morgan fingerprint density at radius 2 is 2.19 bits per heavy atom. The van der Waals surface area contributed by atoms with E-state index in [0.717, 1.165) is 19.4 Å². The average Bonchev–Trinajstić information content (AvgIpc) is 2.22. The average molecular weight is 227 g/mol. The summed E-state index contributed by atoms with van der Waals surface area (Å²) in [4.78, 5) is 14.2. The maximum Gasteiger partial charge on any atom is 0.149 e. The first-order chi connectivity index (χ1) is 7.69. The molecule has 1 unspecified atom stereocenters. The molecule has 0 saturated heterocycles. The molecular formula is C13H25NO2. The van der Waals surface area contributed by atoms with Crippen LogP contribution in [-0.4, -0.2) is 41.5 Å². The second-order valence-corrected chi connectivity index (χ2v) is 4.91. The molecular weight excluding hydrogens is 202 g/mol. The lowest BCUT2D eigenvalue weighted by Gasteiger charge is -2.37. The monoisotopic (exact) mass is 227 g/mol. The maximum absolute atomic E-state index is 11.9. The van der Waals surface area contributed by atoms with E-state index in [1.807, 2.05) is 6.92 Å². The van der Waals surface area contributed by atoms with Crippen molar-refractivity contribution in [2.24, 2.45) is 5.92 Å². The molecule has 3 nitrogen and oxygen atoms in total. The number of nitrogens with zero attached hydrogens (tertiary/aromatic N) is 1. The highest BCUT2D eigenvalue weighted by atomic mass is 16.3. The molecule has 1 rings (SSSR count). The minimum Gasteiger partial charge on any atom is -0.396 e. The van der Waals surface area contributed by atoms with Gasteiger partial charge in [0.15, 0.2) is 0 Å². The molecule has 3 heteroatoms. The molecule has 1 aliphatic carbocycles. The van der Waals surface area contributed by atoms with E-state index in [4.69, 9.17) is 5.11 Å². The second-order valence-electron chi connectivity index (χ2n) is 4.91. The topological polar surface area (TPSA) is 40.5 Å². The van der Waals surface area contributed by atoms with Crippen molar-refractivity contribution in [2.75, 3.05) is 19.7 Å². The molecule has 94 valence electrons. The van der Waals surface area contributed by atoms with Gasteiger partial charge in [0.05, 0.1) is 6.54 Å². The quantitative estimate of drug-likeness (QED) is 0.688. The number of aliphatic hydroxyl groups excluding tert-OH is 1. The van der Waals surface area contributed by atoms with Crippen LogP contribution < -0.4 is 0 Å². The molecule has 0 amide bonds. The zero-order valence-electron chi connectivity index (χ0n) is 10.6. The normalized spacial score (nSPS) is 18.5. The number of rotatable bonds is 8. The molecule has 1 aliphatic rings. The van der Waals surface area contributed by atoms with Gasteiger partial charge in [0, 0.05) is 25.1 Å². The SMILES string of the molecule is CCC(C)C(=O)CN(CCCO)C1CCC1. The van der Waals surface area contributed by atoms with Gasteiger partial charge in [-0.3, -0.25) is 9.69 Å². The van der Waals surface area contributed by atoms with E-state index in [1.54, 1.807) is 0 Å². The molecule has 0 spiro atoms. The lowest BCUT2D eigenvalue weighted by Crippen LogP contribution is -2.44. The Morgan fingerprint density at radius 3 is 2.62 bits per heavy atom. The first kappa shape index (κ1) is 13.7. The zero-order chi connectivity index (χ0) is 12.0. The predicted octanol–water partition coefficient (Wildman–Crippen LogP) is 1.84. The summed E-state index contributed by atoms with van der Waals surface area (Å²) >= 11 is 0. The van der Waals surface area contributed by atoms with E-state index in [0.29, 0.717) is 18.4 Å². The highest BCUT2D eigenvalue weighted by molar-refractivity contribution is 5.82. The number of carbonyl (C=O) groups is 1. The van der Waals surface area contributed by atoms with Crippen molar-refractivity contribution in [1.29, 1.82) is 0 Å². The van der Waals surface area contributed by atoms with Crippen molar-refractivity contribution in [2.45, 2.75) is 52.0 Å². The van der Waals surface area contributed by atoms with Crippen LogP contribution in [0.15, 0.2) is 0 Å². The van der Waals surface area contributed by atoms with Crippen molar-refractivity contribution in [3.8, 4) is 0 Å². The maximum atomic E-state index is 11.9. The van der Waals surface area contributed by atoms with Crippen LogP contribution in [0.1, 0.15) is 46.0 Å². The molecule has 0 aromatic rings. The van der Waals surface area contributed by atoms with Crippen LogP contribution in [0.25, 0.3) is 0 Å². The van der Waals surface area contributed by atoms with Gasteiger partial charge in [0.1, 0.15) is 5.78 Å². The Labute approximate surface area is 98.8 Å². The molecule has 16 heavy (non-hydrogen) atoms. The van der Waals surface area contributed by atoms with Crippen molar-refractivity contribution in [3.05, 3.63) is 0 Å². The number of hydrogen-bond acceptors (Lipinski definition) is 3. The van der Waals surface area contributed by atoms with Gasteiger partial charge in [-0.15, -0.1) is 0 Å². The van der Waals surface area contributed by atoms with Crippen LogP contribution in [0.2, 0.25) is 0 Å². The van der Waals surface area contributed by atoms with Crippen molar-refractivity contribution >= 4 is 5.78 Å². The highest BCUT2D eigenvalue weighted by Gasteiger charge is 2.26. The van der Waals surface area contributed by atoms with Crippen LogP contribution in [-0.2, 0) is 4.79 Å². The molecule has 0 heterocycles. The van der Waals surface area contributed by atoms with Crippen LogP contribution in [0, 0.1) is 5.92 Å². The molecule has 1 N–H and O–H groups in total. The van der Waals surface area contributed by atoms with Crippen molar-refractivity contribution < 1.29 is 9.90 Å². The Bertz CT molecular complexity index is 214. The van der Waals surface area contributed by atoms with Crippen LogP contribution in [0.4, 0.5) is 0 Å². The Hall–Kier alpha value is -0.410. The number of aliphatic hydroxyl groups is 1. The van der Waals surface area contributed by atoms with Crippen LogP contribution in [0.5, 0.6) is 0 Å². The molecule has 0 aliphatic heterocycles. The standard InChI is InChI=1S/C13H25NO2/c1-3-11(2)13(16)10-14(8-5-9-15)12-6-4-7-12/h11-12,15H,3-10H2,1-2H3. The van der Waals surface area contributed by atoms with Gasteiger partial charge in [-0.05, 0) is 25.7 Å². The summed E-state index contributed by atoms with van der Waals surface area (Å²) in [5.41, 5.74) is 0. The Balaban J connectivity index is 2.39. The largest absolute Gasteiger partial charge is 0.396 e. The summed E-state index contributed by atoms with van der Waals surface area (Å²) in [6.07, 6.45) is 5.44. The minimum atomic E-state index is 0.178. The van der Waals surface area contributed by atoms with Gasteiger partial charge in [-0.2, -0.15) is 0 Å². The van der Waals surface area contributed by atoms with E-state index >= 15 is 0 Å². The van der Waals surface area contributed by atoms with Gasteiger partial charge < -0.3 is 5.11 Å². The van der Waals surface area contributed by atoms with Crippen LogP contribution in [0.3, 0.4) is 0 Å². The zero-order valence-corrected chi connectivity index (χ0v) is 10.6. The molecule has 0 radical (unpaired) electrons. The van der Waals surface area contributed by atoms with Crippen LogP contribution >= 0.6 is 0 Å². The fourth-order valence-corrected chi connectivity index (χ4v) is 2.00. The summed E-state index contributed by atoms with van der Waals surface area (Å²) < 4.78 is 0. The number of ketones is 1. The summed E-state index contributed by atoms with van der Waals surface area (Å²) in [6, 6.07) is 0.597. The van der Waals surface area contributed by atoms with E-state index in [-0.39, 0.29) is 12.5 Å². The van der Waals surface area contributed by atoms with E-state index in [9.17, 15) is 4.79 Å². The van der Waals surface area contributed by atoms with E-state index in [1.165, 1.54) is 19.3 Å². The Morgan fingerprint density at radius 1 is 1.50 bits per heavy atom. The fourth-order valence-electron chi connectivity index (χ4n) is 2.00. The molecule has 0 bridgehead atoms. The van der Waals surface area contributed by atoms with E-state index < -0.39 is 0 Å². The van der Waals surface area contributed by atoms with Gasteiger partial charge in [0.25, 0.3) is 0 Å². The van der Waals surface area contributed by atoms with Crippen molar-refractivity contribution in [1.82, 2.24) is 4.90 Å². The summed E-state index contributed by atoms with van der Waals surface area (Å²) in [5.74, 6) is 0.532. The number of Topliss-reactive ketones (excluding diaryl/α,β-unsaturated/α-hetero) is 1. The molecule has 1 saturated carbocycles. The van der Waals surface area contributed by atoms with Crippen molar-refractivity contribution in [3.63, 3.8) is 0 Å². The third-order valence-electron chi connectivity index (χ3n) is 3.72. The summed E-state index contributed by atoms with van der Waals surface area (Å²) in [5, 5.41) is 8.87. The van der Waals surface area contributed by atoms with Gasteiger partial charge in [0.2, 0.25) is 0 Å². The summed E-state index contributed by atoms with van der Waals surface area (Å²) in [6.45, 7) is 5.74. The molecule has 0 aromatic heterocycles. The first-order valence-electron chi connectivity index (χ1n) is 6.56. The summed E-state index contributed by atoms with van der Waals surface area (Å²) in [7, 11) is 0. The smallest absolute Gasteiger partial charge is 0.149 e. The highest BCUT2D eigenvalue weighted by Crippen LogP contribution is 2.25. The molecule has 0 aromatic carbocycles. The fraction of sp³-hybridized carbons (Fsp3) is 0.923. The van der Waals surface area contributed by atoms with Gasteiger partial charge in [-0.1, -0.05) is 20.3 Å². The third kappa shape index (κ3) is 3.87. The van der Waals surface area contributed by atoms with Gasteiger partial charge >= 0.3 is 0 Å². The molecule has 1 atom stereocenters. The first-order valence-corrected chi connectivity index (χ1v) is 6.56. The third-order valence-corrected chi connectivity index (χ3v) is 3.72. The lowest BCUT2D eigenvalue weighted by atomic mass is 9.90. The minimum absolute atomic E-state index is 0.178. The second kappa shape index (κ2) is 7.02.